The SMILES string of the molecule is COc1ccc(CNc2ncnc3c(CCO)c(OC)c(CN(C)C(=O)O)cc23)cc1Cl. The highest BCUT2D eigenvalue weighted by Crippen LogP contribution is 2.35. The topological polar surface area (TPSA) is 117 Å². The van der Waals surface area contributed by atoms with Crippen LogP contribution < -0.4 is 14.8 Å². The van der Waals surface area contributed by atoms with Crippen LogP contribution in [0.3, 0.4) is 0 Å². The fourth-order valence-corrected chi connectivity index (χ4v) is 3.78. The normalized spacial score (nSPS) is 10.8. The maximum Gasteiger partial charge on any atom is 0.407 e. The fraction of sp³-hybridized carbons (Fsp3) is 0.318. The molecule has 0 spiro atoms. The Hall–Kier alpha value is -3.30. The Morgan fingerprint density at radius 2 is 2.00 bits per heavy atom. The minimum atomic E-state index is -1.06. The highest BCUT2D eigenvalue weighted by molar-refractivity contribution is 6.32. The van der Waals surface area contributed by atoms with Gasteiger partial charge in [-0.05, 0) is 23.8 Å². The van der Waals surface area contributed by atoms with Gasteiger partial charge in [-0.2, -0.15) is 0 Å². The molecular formula is C22H25ClN4O5. The molecule has 0 radical (unpaired) electrons. The Morgan fingerprint density at radius 1 is 1.22 bits per heavy atom. The summed E-state index contributed by atoms with van der Waals surface area (Å²) in [5, 5.41) is 23.4. The number of anilines is 1. The maximum atomic E-state index is 11.4. The number of carboxylic acid groups (broad SMARTS) is 1. The minimum Gasteiger partial charge on any atom is -0.496 e. The molecule has 0 aliphatic carbocycles. The third-order valence-electron chi connectivity index (χ3n) is 5.03. The molecule has 3 rings (SSSR count). The fourth-order valence-electron chi connectivity index (χ4n) is 3.50. The van der Waals surface area contributed by atoms with E-state index in [1.165, 1.54) is 20.5 Å². The number of aromatic nitrogens is 2. The van der Waals surface area contributed by atoms with E-state index in [0.29, 0.717) is 57.3 Å². The van der Waals surface area contributed by atoms with Gasteiger partial charge in [-0.25, -0.2) is 14.8 Å². The lowest BCUT2D eigenvalue weighted by Crippen LogP contribution is -2.24. The molecule has 0 aliphatic heterocycles. The molecule has 2 aromatic carbocycles. The van der Waals surface area contributed by atoms with Gasteiger partial charge in [0.05, 0.1) is 31.3 Å². The van der Waals surface area contributed by atoms with Crippen molar-refractivity contribution in [2.45, 2.75) is 19.5 Å². The van der Waals surface area contributed by atoms with E-state index in [9.17, 15) is 15.0 Å². The van der Waals surface area contributed by atoms with Crippen LogP contribution in [0.25, 0.3) is 10.9 Å². The van der Waals surface area contributed by atoms with Crippen molar-refractivity contribution in [2.75, 3.05) is 33.2 Å². The van der Waals surface area contributed by atoms with Gasteiger partial charge in [-0.3, -0.25) is 0 Å². The van der Waals surface area contributed by atoms with E-state index >= 15 is 0 Å². The zero-order chi connectivity index (χ0) is 23.3. The molecule has 3 aromatic rings. The summed E-state index contributed by atoms with van der Waals surface area (Å²) in [4.78, 5) is 21.3. The number of hydrogen-bond donors (Lipinski definition) is 3. The number of hydrogen-bond acceptors (Lipinski definition) is 7. The number of carbonyl (C=O) groups is 1. The Balaban J connectivity index is 2.04. The monoisotopic (exact) mass is 460 g/mol. The first-order chi connectivity index (χ1) is 15.4. The first-order valence-electron chi connectivity index (χ1n) is 9.84. The first kappa shape index (κ1) is 23.4. The van der Waals surface area contributed by atoms with E-state index in [0.717, 1.165) is 10.5 Å². The molecule has 170 valence electrons. The smallest absolute Gasteiger partial charge is 0.407 e. The van der Waals surface area contributed by atoms with Gasteiger partial charge >= 0.3 is 6.09 Å². The number of nitrogens with zero attached hydrogens (tertiary/aromatic N) is 3. The number of amides is 1. The number of aliphatic hydroxyl groups excluding tert-OH is 1. The molecule has 0 bridgehead atoms. The molecule has 0 fully saturated rings. The van der Waals surface area contributed by atoms with E-state index in [1.54, 1.807) is 13.2 Å². The Morgan fingerprint density at radius 3 is 2.62 bits per heavy atom. The van der Waals surface area contributed by atoms with Crippen molar-refractivity contribution in [3.63, 3.8) is 0 Å². The molecule has 1 amide bonds. The lowest BCUT2D eigenvalue weighted by atomic mass is 10.0. The summed E-state index contributed by atoms with van der Waals surface area (Å²) in [6, 6.07) is 7.32. The van der Waals surface area contributed by atoms with Crippen LogP contribution in [0.15, 0.2) is 30.6 Å². The van der Waals surface area contributed by atoms with Crippen molar-refractivity contribution in [1.82, 2.24) is 14.9 Å². The summed E-state index contributed by atoms with van der Waals surface area (Å²) in [7, 11) is 4.55. The summed E-state index contributed by atoms with van der Waals surface area (Å²) >= 11 is 6.22. The van der Waals surface area contributed by atoms with Crippen molar-refractivity contribution in [1.29, 1.82) is 0 Å². The minimum absolute atomic E-state index is 0.106. The number of aliphatic hydroxyl groups is 1. The van der Waals surface area contributed by atoms with E-state index in [4.69, 9.17) is 21.1 Å². The molecule has 10 heteroatoms. The van der Waals surface area contributed by atoms with Gasteiger partial charge in [-0.1, -0.05) is 17.7 Å². The highest BCUT2D eigenvalue weighted by Gasteiger charge is 2.20. The molecule has 9 nitrogen and oxygen atoms in total. The number of halogens is 1. The molecule has 1 aromatic heterocycles. The van der Waals surface area contributed by atoms with Crippen LogP contribution in [0.2, 0.25) is 5.02 Å². The summed E-state index contributed by atoms with van der Waals surface area (Å²) in [5.41, 5.74) is 2.90. The van der Waals surface area contributed by atoms with Gasteiger partial charge in [0.25, 0.3) is 0 Å². The van der Waals surface area contributed by atoms with Crippen LogP contribution >= 0.6 is 11.6 Å². The summed E-state index contributed by atoms with van der Waals surface area (Å²) in [6.07, 6.45) is 0.680. The third-order valence-corrected chi connectivity index (χ3v) is 5.33. The van der Waals surface area contributed by atoms with Crippen molar-refractivity contribution < 1.29 is 24.5 Å². The molecule has 0 saturated heterocycles. The summed E-state index contributed by atoms with van der Waals surface area (Å²) < 4.78 is 10.8. The van der Waals surface area contributed by atoms with E-state index < -0.39 is 6.09 Å². The largest absolute Gasteiger partial charge is 0.496 e. The van der Waals surface area contributed by atoms with E-state index in [2.05, 4.69) is 15.3 Å². The third kappa shape index (κ3) is 4.95. The van der Waals surface area contributed by atoms with Gasteiger partial charge in [0.15, 0.2) is 0 Å². The lowest BCUT2D eigenvalue weighted by molar-refractivity contribution is 0.153. The van der Waals surface area contributed by atoms with Crippen LogP contribution in [0.1, 0.15) is 16.7 Å². The molecule has 3 N–H and O–H groups in total. The first-order valence-corrected chi connectivity index (χ1v) is 10.2. The number of nitrogens with one attached hydrogen (secondary N) is 1. The van der Waals surface area contributed by atoms with Gasteiger partial charge in [0.1, 0.15) is 23.6 Å². The summed E-state index contributed by atoms with van der Waals surface area (Å²) in [6.45, 7) is 0.442. The summed E-state index contributed by atoms with van der Waals surface area (Å²) in [5.74, 6) is 1.67. The van der Waals surface area contributed by atoms with E-state index in [1.807, 2.05) is 18.2 Å². The second kappa shape index (κ2) is 10.3. The molecule has 0 saturated carbocycles. The molecule has 0 unspecified atom stereocenters. The molecular weight excluding hydrogens is 436 g/mol. The maximum absolute atomic E-state index is 11.4. The number of fused-ring (bicyclic) bond motifs is 1. The Kier molecular flexibility index (Phi) is 7.55. The van der Waals surface area contributed by atoms with Crippen LogP contribution in [-0.2, 0) is 19.5 Å². The van der Waals surface area contributed by atoms with Crippen molar-refractivity contribution in [3.05, 3.63) is 52.3 Å². The van der Waals surface area contributed by atoms with Crippen LogP contribution in [-0.4, -0.2) is 59.0 Å². The second-order valence-electron chi connectivity index (χ2n) is 7.10. The van der Waals surface area contributed by atoms with Gasteiger partial charge in [-0.15, -0.1) is 0 Å². The van der Waals surface area contributed by atoms with Gasteiger partial charge < -0.3 is 29.9 Å². The Labute approximate surface area is 190 Å². The van der Waals surface area contributed by atoms with Crippen molar-refractivity contribution >= 4 is 34.4 Å². The molecule has 32 heavy (non-hydrogen) atoms. The predicted octanol–water partition coefficient (Wildman–Crippen LogP) is 3.56. The van der Waals surface area contributed by atoms with Crippen molar-refractivity contribution in [3.8, 4) is 11.5 Å². The van der Waals surface area contributed by atoms with Crippen LogP contribution in [0.4, 0.5) is 10.6 Å². The van der Waals surface area contributed by atoms with Gasteiger partial charge in [0, 0.05) is 43.1 Å². The van der Waals surface area contributed by atoms with Crippen LogP contribution in [0.5, 0.6) is 11.5 Å². The lowest BCUT2D eigenvalue weighted by Gasteiger charge is -2.20. The molecule has 1 heterocycles. The zero-order valence-corrected chi connectivity index (χ0v) is 18.8. The quantitative estimate of drug-likeness (QED) is 0.443. The zero-order valence-electron chi connectivity index (χ0n) is 18.1. The second-order valence-corrected chi connectivity index (χ2v) is 7.51. The number of methoxy groups -OCH3 is 2. The van der Waals surface area contributed by atoms with Gasteiger partial charge in [0.2, 0.25) is 0 Å². The van der Waals surface area contributed by atoms with Crippen LogP contribution in [0, 0.1) is 0 Å². The standard InChI is InChI=1S/C22H25ClN4O5/c1-27(22(29)30)11-14-9-16-19(15(6-7-28)20(14)32-3)25-12-26-21(16)24-10-13-4-5-18(31-2)17(23)8-13/h4-5,8-9,12,28H,6-7,10-11H2,1-3H3,(H,29,30)(H,24,25,26). The molecule has 0 atom stereocenters. The van der Waals surface area contributed by atoms with E-state index in [-0.39, 0.29) is 13.2 Å². The average Bonchev–Trinajstić information content (AvgIpc) is 2.78. The predicted molar refractivity (Wildman–Crippen MR) is 122 cm³/mol. The number of rotatable bonds is 9. The number of ether oxygens (including phenoxy) is 2. The highest BCUT2D eigenvalue weighted by atomic mass is 35.5. The molecule has 0 aliphatic rings. The Bertz CT molecular complexity index is 1130. The number of benzene rings is 2. The van der Waals surface area contributed by atoms with Crippen molar-refractivity contribution in [2.24, 2.45) is 0 Å². The average molecular weight is 461 g/mol.